The van der Waals surface area contributed by atoms with Gasteiger partial charge in [0.2, 0.25) is 0 Å². The van der Waals surface area contributed by atoms with E-state index in [1.54, 1.807) is 31.2 Å². The fraction of sp³-hybridized carbons (Fsp3) is 0.167. The van der Waals surface area contributed by atoms with E-state index >= 15 is 0 Å². The van der Waals surface area contributed by atoms with Gasteiger partial charge in [0.15, 0.2) is 18.1 Å². The third-order valence-corrected chi connectivity index (χ3v) is 4.22. The van der Waals surface area contributed by atoms with Gasteiger partial charge in [-0.2, -0.15) is 0 Å². The summed E-state index contributed by atoms with van der Waals surface area (Å²) in [4.78, 5) is 28.7. The van der Waals surface area contributed by atoms with Crippen LogP contribution in [0.2, 0.25) is 10.0 Å². The van der Waals surface area contributed by atoms with Gasteiger partial charge in [0, 0.05) is 5.02 Å². The minimum atomic E-state index is -0.973. The molecule has 1 amide bonds. The molecule has 1 heterocycles. The zero-order valence-electron chi connectivity index (χ0n) is 13.7. The average Bonchev–Trinajstić information content (AvgIpc) is 3.09. The molecule has 0 fully saturated rings. The summed E-state index contributed by atoms with van der Waals surface area (Å²) in [6.45, 7) is 1.74. The molecular weight excluding hydrogens is 379 g/mol. The fourth-order valence-corrected chi connectivity index (χ4v) is 2.76. The van der Waals surface area contributed by atoms with Crippen molar-refractivity contribution in [3.8, 4) is 0 Å². The quantitative estimate of drug-likeness (QED) is 0.635. The molecule has 0 saturated carbocycles. The number of halogens is 2. The van der Waals surface area contributed by atoms with E-state index in [9.17, 15) is 9.59 Å². The smallest absolute Gasteiger partial charge is 0.339 e. The molecule has 1 N–H and O–H groups in total. The first-order valence-electron chi connectivity index (χ1n) is 7.78. The predicted molar refractivity (Wildman–Crippen MR) is 98.6 cm³/mol. The third kappa shape index (κ3) is 3.98. The second kappa shape index (κ2) is 7.76. The number of aromatic nitrogens is 1. The Morgan fingerprint density at radius 1 is 1.23 bits per heavy atom. The van der Waals surface area contributed by atoms with Gasteiger partial charge in [-0.05, 0) is 42.8 Å². The van der Waals surface area contributed by atoms with Crippen LogP contribution in [-0.4, -0.2) is 23.0 Å². The number of rotatable bonds is 5. The van der Waals surface area contributed by atoms with Crippen LogP contribution in [0.15, 0.2) is 47.2 Å². The number of oxazole rings is 1. The first-order valence-corrected chi connectivity index (χ1v) is 8.53. The van der Waals surface area contributed by atoms with Crippen molar-refractivity contribution >= 4 is 51.9 Å². The highest BCUT2D eigenvalue weighted by Crippen LogP contribution is 2.26. The van der Waals surface area contributed by atoms with E-state index in [0.717, 1.165) is 0 Å². The Balaban J connectivity index is 1.71. The maximum absolute atomic E-state index is 12.4. The predicted octanol–water partition coefficient (Wildman–Crippen LogP) is 4.71. The van der Waals surface area contributed by atoms with Crippen molar-refractivity contribution < 1.29 is 18.7 Å². The molecule has 134 valence electrons. The van der Waals surface area contributed by atoms with Crippen molar-refractivity contribution in [2.75, 3.05) is 5.32 Å². The number of fused-ring (bicyclic) bond motifs is 1. The Morgan fingerprint density at radius 2 is 2.04 bits per heavy atom. The van der Waals surface area contributed by atoms with Crippen molar-refractivity contribution in [3.63, 3.8) is 0 Å². The van der Waals surface area contributed by atoms with Crippen LogP contribution in [0, 0.1) is 0 Å². The molecule has 2 aromatic carbocycles. The molecule has 0 aliphatic carbocycles. The molecule has 26 heavy (non-hydrogen) atoms. The molecule has 0 aliphatic rings. The van der Waals surface area contributed by atoms with Crippen molar-refractivity contribution in [3.05, 3.63) is 58.4 Å². The summed E-state index contributed by atoms with van der Waals surface area (Å²) in [5.74, 6) is -1.11. The number of ether oxygens (including phenoxy) is 1. The van der Waals surface area contributed by atoms with Crippen LogP contribution < -0.4 is 5.32 Å². The summed E-state index contributed by atoms with van der Waals surface area (Å²) in [7, 11) is 0. The summed E-state index contributed by atoms with van der Waals surface area (Å²) >= 11 is 11.9. The van der Waals surface area contributed by atoms with Gasteiger partial charge in [0.05, 0.1) is 16.3 Å². The number of esters is 1. The lowest BCUT2D eigenvalue weighted by Crippen LogP contribution is -2.32. The monoisotopic (exact) mass is 392 g/mol. The lowest BCUT2D eigenvalue weighted by molar-refractivity contribution is -0.124. The number of anilines is 1. The van der Waals surface area contributed by atoms with Crippen molar-refractivity contribution in [1.82, 2.24) is 4.98 Å². The number of nitrogens with one attached hydrogen (secondary N) is 1. The van der Waals surface area contributed by atoms with Crippen LogP contribution in [0.3, 0.4) is 0 Å². The van der Waals surface area contributed by atoms with Crippen molar-refractivity contribution in [2.45, 2.75) is 19.4 Å². The van der Waals surface area contributed by atoms with Gasteiger partial charge in [-0.1, -0.05) is 30.1 Å². The largest absolute Gasteiger partial charge is 0.449 e. The van der Waals surface area contributed by atoms with Gasteiger partial charge < -0.3 is 14.5 Å². The second-order valence-corrected chi connectivity index (χ2v) is 6.29. The number of carbonyl (C=O) groups excluding carboxylic acids is 2. The number of amides is 1. The van der Waals surface area contributed by atoms with E-state index in [4.69, 9.17) is 32.4 Å². The van der Waals surface area contributed by atoms with Gasteiger partial charge in [-0.3, -0.25) is 4.79 Å². The molecule has 3 rings (SSSR count). The SMILES string of the molecule is CCC(OC(=O)c1ccc2ncoc2c1)C(=O)Nc1ccc(Cl)cc1Cl. The Hall–Kier alpha value is -2.57. The first-order chi connectivity index (χ1) is 12.5. The highest BCUT2D eigenvalue weighted by atomic mass is 35.5. The molecule has 8 heteroatoms. The number of nitrogens with zero attached hydrogens (tertiary/aromatic N) is 1. The van der Waals surface area contributed by atoms with Crippen LogP contribution in [-0.2, 0) is 9.53 Å². The van der Waals surface area contributed by atoms with Crippen LogP contribution in [0.4, 0.5) is 5.69 Å². The Morgan fingerprint density at radius 3 is 2.77 bits per heavy atom. The summed E-state index contributed by atoms with van der Waals surface area (Å²) < 4.78 is 10.5. The number of benzene rings is 2. The Labute approximate surface area is 159 Å². The highest BCUT2D eigenvalue weighted by Gasteiger charge is 2.23. The van der Waals surface area contributed by atoms with Crippen LogP contribution >= 0.6 is 23.2 Å². The molecule has 0 aliphatic heterocycles. The standard InChI is InChI=1S/C18H14Cl2N2O4/c1-2-15(17(23)22-13-6-4-11(19)8-12(13)20)26-18(24)10-3-5-14-16(7-10)25-9-21-14/h3-9,15H,2H2,1H3,(H,22,23). The third-order valence-electron chi connectivity index (χ3n) is 3.67. The Kier molecular flexibility index (Phi) is 5.44. The maximum Gasteiger partial charge on any atom is 0.339 e. The van der Waals surface area contributed by atoms with E-state index in [1.807, 2.05) is 0 Å². The van der Waals surface area contributed by atoms with Gasteiger partial charge in [-0.15, -0.1) is 0 Å². The molecule has 0 radical (unpaired) electrons. The van der Waals surface area contributed by atoms with E-state index in [2.05, 4.69) is 10.3 Å². The normalized spacial score (nSPS) is 12.0. The number of carbonyl (C=O) groups is 2. The van der Waals surface area contributed by atoms with Crippen molar-refractivity contribution in [2.24, 2.45) is 0 Å². The fourth-order valence-electron chi connectivity index (χ4n) is 2.31. The minimum absolute atomic E-state index is 0.269. The number of hydrogen-bond acceptors (Lipinski definition) is 5. The highest BCUT2D eigenvalue weighted by molar-refractivity contribution is 6.36. The summed E-state index contributed by atoms with van der Waals surface area (Å²) in [6.07, 6.45) is 0.616. The average molecular weight is 393 g/mol. The van der Waals surface area contributed by atoms with E-state index in [0.29, 0.717) is 33.3 Å². The van der Waals surface area contributed by atoms with Gasteiger partial charge in [0.25, 0.3) is 5.91 Å². The molecule has 3 aromatic rings. The van der Waals surface area contributed by atoms with E-state index < -0.39 is 18.0 Å². The first kappa shape index (κ1) is 18.2. The molecule has 1 aromatic heterocycles. The minimum Gasteiger partial charge on any atom is -0.449 e. The summed E-state index contributed by atoms with van der Waals surface area (Å²) in [5.41, 5.74) is 1.75. The lowest BCUT2D eigenvalue weighted by Gasteiger charge is -2.16. The molecule has 1 atom stereocenters. The van der Waals surface area contributed by atoms with Gasteiger partial charge >= 0.3 is 5.97 Å². The number of hydrogen-bond donors (Lipinski definition) is 1. The Bertz CT molecular complexity index is 971. The molecule has 6 nitrogen and oxygen atoms in total. The zero-order valence-corrected chi connectivity index (χ0v) is 15.2. The summed E-state index contributed by atoms with van der Waals surface area (Å²) in [5, 5.41) is 3.38. The second-order valence-electron chi connectivity index (χ2n) is 5.45. The molecule has 0 spiro atoms. The van der Waals surface area contributed by atoms with Crippen molar-refractivity contribution in [1.29, 1.82) is 0 Å². The van der Waals surface area contributed by atoms with E-state index in [1.165, 1.54) is 18.5 Å². The maximum atomic E-state index is 12.4. The topological polar surface area (TPSA) is 81.4 Å². The molecule has 1 unspecified atom stereocenters. The lowest BCUT2D eigenvalue weighted by atomic mass is 10.2. The van der Waals surface area contributed by atoms with Crippen LogP contribution in [0.5, 0.6) is 0 Å². The van der Waals surface area contributed by atoms with E-state index in [-0.39, 0.29) is 5.56 Å². The van der Waals surface area contributed by atoms with Gasteiger partial charge in [0.1, 0.15) is 5.52 Å². The molecule has 0 saturated heterocycles. The summed E-state index contributed by atoms with van der Waals surface area (Å²) in [6, 6.07) is 9.42. The zero-order chi connectivity index (χ0) is 18.7. The van der Waals surface area contributed by atoms with Crippen LogP contribution in [0.1, 0.15) is 23.7 Å². The molecular formula is C18H14Cl2N2O4. The molecule has 0 bridgehead atoms. The van der Waals surface area contributed by atoms with Gasteiger partial charge in [-0.25, -0.2) is 9.78 Å². The van der Waals surface area contributed by atoms with Crippen LogP contribution in [0.25, 0.3) is 11.1 Å².